The summed E-state index contributed by atoms with van der Waals surface area (Å²) in [6, 6.07) is 4.13. The van der Waals surface area contributed by atoms with E-state index in [1.54, 1.807) is 11.9 Å². The smallest absolute Gasteiger partial charge is 0.325 e. The highest BCUT2D eigenvalue weighted by atomic mass is 16.5. The number of methoxy groups -OCH3 is 1. The van der Waals surface area contributed by atoms with E-state index < -0.39 is 0 Å². The summed E-state index contributed by atoms with van der Waals surface area (Å²) in [7, 11) is 3.16. The Morgan fingerprint density at radius 2 is 2.05 bits per heavy atom. The minimum Gasteiger partial charge on any atom is -0.468 e. The van der Waals surface area contributed by atoms with E-state index in [9.17, 15) is 9.59 Å². The second-order valence-electron chi connectivity index (χ2n) is 5.87. The molecular formula is C17H20N2O3. The molecule has 0 atom stereocenters. The lowest BCUT2D eigenvalue weighted by Crippen LogP contribution is -2.36. The largest absolute Gasteiger partial charge is 0.468 e. The quantitative estimate of drug-likeness (QED) is 0.798. The Morgan fingerprint density at radius 1 is 1.32 bits per heavy atom. The number of rotatable bonds is 2. The monoisotopic (exact) mass is 300 g/mol. The number of amides is 1. The molecule has 1 aliphatic rings. The average molecular weight is 300 g/mol. The predicted molar refractivity (Wildman–Crippen MR) is 84.1 cm³/mol. The molecule has 0 saturated heterocycles. The normalized spacial score (nSPS) is 14.4. The Kier molecular flexibility index (Phi) is 3.43. The summed E-state index contributed by atoms with van der Waals surface area (Å²) in [6.45, 7) is 4.84. The van der Waals surface area contributed by atoms with Gasteiger partial charge in [-0.15, -0.1) is 0 Å². The van der Waals surface area contributed by atoms with E-state index in [4.69, 9.17) is 4.74 Å². The Labute approximate surface area is 129 Å². The first kappa shape index (κ1) is 14.6. The molecule has 22 heavy (non-hydrogen) atoms. The highest BCUT2D eigenvalue weighted by Crippen LogP contribution is 2.33. The third-order valence-corrected chi connectivity index (χ3v) is 4.61. The summed E-state index contributed by atoms with van der Waals surface area (Å²) in [5.41, 5.74) is 4.90. The number of aromatic nitrogens is 1. The molecule has 2 heterocycles. The maximum Gasteiger partial charge on any atom is 0.325 e. The standard InChI is InChI=1S/C17H20N2O3/c1-10-5-6-12-13-7-8-18(3)17(21)16(13)19(9-14(20)22-4)15(12)11(10)2/h5-6H,7-9H2,1-4H3. The first-order chi connectivity index (χ1) is 10.5. The molecule has 116 valence electrons. The van der Waals surface area contributed by atoms with E-state index in [0.717, 1.165) is 34.0 Å². The number of carbonyl (C=O) groups is 2. The maximum absolute atomic E-state index is 12.6. The van der Waals surface area contributed by atoms with Gasteiger partial charge in [-0.1, -0.05) is 12.1 Å². The number of esters is 1. The van der Waals surface area contributed by atoms with Crippen LogP contribution in [0, 0.1) is 13.8 Å². The minimum atomic E-state index is -0.346. The number of fused-ring (bicyclic) bond motifs is 3. The van der Waals surface area contributed by atoms with Crippen molar-refractivity contribution in [2.24, 2.45) is 0 Å². The van der Waals surface area contributed by atoms with Crippen LogP contribution in [-0.4, -0.2) is 42.0 Å². The second kappa shape index (κ2) is 5.16. The van der Waals surface area contributed by atoms with Crippen molar-refractivity contribution < 1.29 is 14.3 Å². The summed E-state index contributed by atoms with van der Waals surface area (Å²) in [5.74, 6) is -0.375. The molecule has 0 N–H and O–H groups in total. The molecule has 1 aromatic carbocycles. The van der Waals surface area contributed by atoms with Gasteiger partial charge in [0.15, 0.2) is 0 Å². The van der Waals surface area contributed by atoms with Crippen LogP contribution in [0.1, 0.15) is 27.2 Å². The summed E-state index contributed by atoms with van der Waals surface area (Å²) < 4.78 is 6.64. The molecule has 3 rings (SSSR count). The summed E-state index contributed by atoms with van der Waals surface area (Å²) in [6.07, 6.45) is 0.810. The van der Waals surface area contributed by atoms with Gasteiger partial charge in [0.1, 0.15) is 12.2 Å². The molecule has 0 aliphatic carbocycles. The molecule has 5 heteroatoms. The Bertz CT molecular complexity index is 789. The van der Waals surface area contributed by atoms with Crippen LogP contribution in [-0.2, 0) is 22.5 Å². The third kappa shape index (κ3) is 2.00. The molecule has 0 radical (unpaired) electrons. The first-order valence-electron chi connectivity index (χ1n) is 7.39. The first-order valence-corrected chi connectivity index (χ1v) is 7.39. The molecule has 1 aliphatic heterocycles. The third-order valence-electron chi connectivity index (χ3n) is 4.61. The molecule has 0 unspecified atom stereocenters. The summed E-state index contributed by atoms with van der Waals surface area (Å²) >= 11 is 0. The fraction of sp³-hybridized carbons (Fsp3) is 0.412. The Hall–Kier alpha value is -2.30. The van der Waals surface area contributed by atoms with Gasteiger partial charge in [-0.05, 0) is 37.0 Å². The second-order valence-corrected chi connectivity index (χ2v) is 5.87. The number of benzene rings is 1. The van der Waals surface area contributed by atoms with E-state index in [0.29, 0.717) is 12.2 Å². The van der Waals surface area contributed by atoms with Crippen LogP contribution < -0.4 is 0 Å². The number of hydrogen-bond donors (Lipinski definition) is 0. The van der Waals surface area contributed by atoms with Gasteiger partial charge in [-0.3, -0.25) is 9.59 Å². The van der Waals surface area contributed by atoms with E-state index in [-0.39, 0.29) is 18.4 Å². The fourth-order valence-electron chi connectivity index (χ4n) is 3.21. The van der Waals surface area contributed by atoms with Gasteiger partial charge < -0.3 is 14.2 Å². The number of carbonyl (C=O) groups excluding carboxylic acids is 2. The lowest BCUT2D eigenvalue weighted by Gasteiger charge is -2.24. The van der Waals surface area contributed by atoms with Gasteiger partial charge in [-0.25, -0.2) is 0 Å². The summed E-state index contributed by atoms with van der Waals surface area (Å²) in [5, 5.41) is 1.07. The van der Waals surface area contributed by atoms with Crippen LogP contribution in [0.15, 0.2) is 12.1 Å². The molecular weight excluding hydrogens is 280 g/mol. The van der Waals surface area contributed by atoms with Crippen molar-refractivity contribution in [3.63, 3.8) is 0 Å². The van der Waals surface area contributed by atoms with Crippen molar-refractivity contribution >= 4 is 22.8 Å². The average Bonchev–Trinajstić information content (AvgIpc) is 2.81. The van der Waals surface area contributed by atoms with Gasteiger partial charge in [0.25, 0.3) is 5.91 Å². The van der Waals surface area contributed by atoms with Crippen molar-refractivity contribution in [1.82, 2.24) is 9.47 Å². The van der Waals surface area contributed by atoms with E-state index in [1.165, 1.54) is 7.11 Å². The zero-order chi connectivity index (χ0) is 16.0. The topological polar surface area (TPSA) is 51.5 Å². The Morgan fingerprint density at radius 3 is 2.73 bits per heavy atom. The van der Waals surface area contributed by atoms with Crippen molar-refractivity contribution in [3.05, 3.63) is 34.5 Å². The maximum atomic E-state index is 12.6. The lowest BCUT2D eigenvalue weighted by atomic mass is 10.0. The van der Waals surface area contributed by atoms with Gasteiger partial charge in [0, 0.05) is 19.0 Å². The Balaban J connectivity index is 2.36. The molecule has 1 aromatic heterocycles. The SMILES string of the molecule is COC(=O)Cn1c2c(c3ccc(C)c(C)c31)CCN(C)C2=O. The number of ether oxygens (including phenoxy) is 1. The van der Waals surface area contributed by atoms with Crippen molar-refractivity contribution in [2.75, 3.05) is 20.7 Å². The predicted octanol–water partition coefficient (Wildman–Crippen LogP) is 2.06. The van der Waals surface area contributed by atoms with Gasteiger partial charge >= 0.3 is 5.97 Å². The zero-order valence-corrected chi connectivity index (χ0v) is 13.4. The molecule has 0 saturated carbocycles. The molecule has 0 bridgehead atoms. The minimum absolute atomic E-state index is 0.0293. The van der Waals surface area contributed by atoms with Crippen molar-refractivity contribution in [1.29, 1.82) is 0 Å². The number of aryl methyl sites for hydroxylation is 2. The van der Waals surface area contributed by atoms with Gasteiger partial charge in [0.05, 0.1) is 12.6 Å². The van der Waals surface area contributed by atoms with Crippen LogP contribution >= 0.6 is 0 Å². The van der Waals surface area contributed by atoms with E-state index >= 15 is 0 Å². The van der Waals surface area contributed by atoms with Crippen molar-refractivity contribution in [3.8, 4) is 0 Å². The van der Waals surface area contributed by atoms with Crippen LogP contribution in [0.25, 0.3) is 10.9 Å². The van der Waals surface area contributed by atoms with E-state index in [1.807, 2.05) is 18.4 Å². The fourth-order valence-corrected chi connectivity index (χ4v) is 3.21. The van der Waals surface area contributed by atoms with Crippen molar-refractivity contribution in [2.45, 2.75) is 26.8 Å². The highest BCUT2D eigenvalue weighted by Gasteiger charge is 2.30. The number of likely N-dealkylation sites (N-methyl/N-ethyl adjacent to an activating group) is 1. The number of nitrogens with zero attached hydrogens (tertiary/aromatic N) is 2. The highest BCUT2D eigenvalue weighted by molar-refractivity contribution is 6.04. The zero-order valence-electron chi connectivity index (χ0n) is 13.4. The number of hydrogen-bond acceptors (Lipinski definition) is 3. The van der Waals surface area contributed by atoms with Crippen LogP contribution in [0.5, 0.6) is 0 Å². The van der Waals surface area contributed by atoms with E-state index in [2.05, 4.69) is 12.1 Å². The van der Waals surface area contributed by atoms with Gasteiger partial charge in [-0.2, -0.15) is 0 Å². The molecule has 2 aromatic rings. The molecule has 0 spiro atoms. The molecule has 5 nitrogen and oxygen atoms in total. The summed E-state index contributed by atoms with van der Waals surface area (Å²) in [4.78, 5) is 26.2. The van der Waals surface area contributed by atoms with Crippen LogP contribution in [0.2, 0.25) is 0 Å². The van der Waals surface area contributed by atoms with Crippen LogP contribution in [0.4, 0.5) is 0 Å². The van der Waals surface area contributed by atoms with Gasteiger partial charge in [0.2, 0.25) is 0 Å². The van der Waals surface area contributed by atoms with Crippen LogP contribution in [0.3, 0.4) is 0 Å². The molecule has 0 fully saturated rings. The molecule has 1 amide bonds. The lowest BCUT2D eigenvalue weighted by molar-refractivity contribution is -0.141.